The third-order valence-corrected chi connectivity index (χ3v) is 4.58. The number of hydrazone groups is 1. The number of thioether (sulfide) groups is 1. The van der Waals surface area contributed by atoms with Gasteiger partial charge in [-0.2, -0.15) is 22.0 Å². The molecule has 1 aliphatic heterocycles. The second-order valence-electron chi connectivity index (χ2n) is 5.34. The van der Waals surface area contributed by atoms with E-state index in [1.807, 2.05) is 30.0 Å². The molecule has 1 aromatic heterocycles. The van der Waals surface area contributed by atoms with E-state index in [0.717, 1.165) is 29.0 Å². The Balaban J connectivity index is 1.63. The molecular formula is C15H15N5O4S. The molecule has 0 bridgehead atoms. The lowest BCUT2D eigenvalue weighted by molar-refractivity contribution is -0.385. The Morgan fingerprint density at radius 2 is 2.36 bits per heavy atom. The summed E-state index contributed by atoms with van der Waals surface area (Å²) < 4.78 is 6.98. The highest BCUT2D eigenvalue weighted by Crippen LogP contribution is 2.24. The maximum absolute atomic E-state index is 12.0. The number of ether oxygens (including phenoxy) is 1. The molecule has 25 heavy (non-hydrogen) atoms. The highest BCUT2D eigenvalue weighted by atomic mass is 32.2. The summed E-state index contributed by atoms with van der Waals surface area (Å²) in [4.78, 5) is 22.2. The largest absolute Gasteiger partial charge is 0.489 e. The summed E-state index contributed by atoms with van der Waals surface area (Å²) in [5, 5.41) is 18.5. The summed E-state index contributed by atoms with van der Waals surface area (Å²) in [6.45, 7) is 0. The Morgan fingerprint density at radius 3 is 3.04 bits per heavy atom. The van der Waals surface area contributed by atoms with Crippen molar-refractivity contribution >= 4 is 29.6 Å². The van der Waals surface area contributed by atoms with Gasteiger partial charge in [-0.05, 0) is 17.7 Å². The average molecular weight is 361 g/mol. The molecule has 0 radical (unpaired) electrons. The fourth-order valence-electron chi connectivity index (χ4n) is 2.13. The Bertz CT molecular complexity index is 831. The molecule has 130 valence electrons. The van der Waals surface area contributed by atoms with Gasteiger partial charge >= 0.3 is 5.69 Å². The van der Waals surface area contributed by atoms with Gasteiger partial charge in [-0.25, -0.2) is 5.43 Å². The standard InChI is InChI=1S/C15H15N5O4S/c1-19-7-13(20(22)23)14(18-19)15(21)17-16-6-10-3-2-4-11(5-10)24-12-8-25-9-12/h2-7,12H,8-9H2,1H3,(H,17,21). The molecule has 1 N–H and O–H groups in total. The van der Waals surface area contributed by atoms with Crippen LogP contribution in [0, 0.1) is 10.1 Å². The smallest absolute Gasteiger partial charge is 0.320 e. The fourth-order valence-corrected chi connectivity index (χ4v) is 2.70. The minimum Gasteiger partial charge on any atom is -0.489 e. The molecule has 1 aliphatic rings. The summed E-state index contributed by atoms with van der Waals surface area (Å²) >= 11 is 1.83. The number of benzene rings is 1. The lowest BCUT2D eigenvalue weighted by Crippen LogP contribution is -2.31. The second-order valence-corrected chi connectivity index (χ2v) is 6.42. The van der Waals surface area contributed by atoms with E-state index in [1.165, 1.54) is 17.9 Å². The Morgan fingerprint density at radius 1 is 1.56 bits per heavy atom. The van der Waals surface area contributed by atoms with Gasteiger partial charge in [-0.3, -0.25) is 19.6 Å². The number of hydrogen-bond acceptors (Lipinski definition) is 7. The van der Waals surface area contributed by atoms with Crippen molar-refractivity contribution in [2.75, 3.05) is 11.5 Å². The van der Waals surface area contributed by atoms with E-state index in [9.17, 15) is 14.9 Å². The Labute approximate surface area is 147 Å². The number of nitrogens with zero attached hydrogens (tertiary/aromatic N) is 4. The number of rotatable bonds is 6. The molecule has 1 amide bonds. The number of nitro groups is 1. The van der Waals surface area contributed by atoms with Crippen molar-refractivity contribution in [3.05, 3.63) is 51.8 Å². The first-order valence-corrected chi connectivity index (χ1v) is 8.54. The quantitative estimate of drug-likeness (QED) is 0.475. The molecule has 0 aliphatic carbocycles. The monoisotopic (exact) mass is 361 g/mol. The van der Waals surface area contributed by atoms with Gasteiger partial charge in [0.25, 0.3) is 5.91 Å². The van der Waals surface area contributed by atoms with Gasteiger partial charge in [0.1, 0.15) is 18.1 Å². The van der Waals surface area contributed by atoms with Crippen molar-refractivity contribution in [2.24, 2.45) is 12.1 Å². The van der Waals surface area contributed by atoms with Gasteiger partial charge in [-0.1, -0.05) is 12.1 Å². The molecule has 0 unspecified atom stereocenters. The van der Waals surface area contributed by atoms with Crippen LogP contribution < -0.4 is 10.2 Å². The van der Waals surface area contributed by atoms with Crippen molar-refractivity contribution in [1.82, 2.24) is 15.2 Å². The van der Waals surface area contributed by atoms with Crippen LogP contribution in [0.4, 0.5) is 5.69 Å². The first kappa shape index (κ1) is 17.0. The van der Waals surface area contributed by atoms with Crippen LogP contribution in [-0.2, 0) is 7.05 Å². The molecular weight excluding hydrogens is 346 g/mol. The van der Waals surface area contributed by atoms with Gasteiger partial charge < -0.3 is 4.74 Å². The summed E-state index contributed by atoms with van der Waals surface area (Å²) in [5.74, 6) is 1.96. The van der Waals surface area contributed by atoms with Gasteiger partial charge in [0.15, 0.2) is 0 Å². The maximum atomic E-state index is 12.0. The number of aromatic nitrogens is 2. The predicted octanol–water partition coefficient (Wildman–Crippen LogP) is 1.59. The van der Waals surface area contributed by atoms with Crippen LogP contribution >= 0.6 is 11.8 Å². The predicted molar refractivity (Wildman–Crippen MR) is 93.1 cm³/mol. The molecule has 1 saturated heterocycles. The SMILES string of the molecule is Cn1cc([N+](=O)[O-])c(C(=O)NN=Cc2cccc(OC3CSC3)c2)n1. The van der Waals surface area contributed by atoms with Crippen LogP contribution in [0.2, 0.25) is 0 Å². The number of aryl methyl sites for hydroxylation is 1. The molecule has 2 aromatic rings. The van der Waals surface area contributed by atoms with Crippen molar-refractivity contribution in [3.8, 4) is 5.75 Å². The van der Waals surface area contributed by atoms with Crippen molar-refractivity contribution in [2.45, 2.75) is 6.10 Å². The summed E-state index contributed by atoms with van der Waals surface area (Å²) in [7, 11) is 1.50. The molecule has 3 rings (SSSR count). The lowest BCUT2D eigenvalue weighted by atomic mass is 10.2. The molecule has 0 saturated carbocycles. The van der Waals surface area contributed by atoms with Crippen LogP contribution in [0.3, 0.4) is 0 Å². The van der Waals surface area contributed by atoms with Gasteiger partial charge in [-0.15, -0.1) is 0 Å². The van der Waals surface area contributed by atoms with Crippen LogP contribution in [0.5, 0.6) is 5.75 Å². The minimum absolute atomic E-state index is 0.238. The Kier molecular flexibility index (Phi) is 4.98. The Hall–Kier alpha value is -2.88. The van der Waals surface area contributed by atoms with Gasteiger partial charge in [0.05, 0.1) is 11.1 Å². The highest BCUT2D eigenvalue weighted by molar-refractivity contribution is 8.00. The summed E-state index contributed by atoms with van der Waals surface area (Å²) in [6.07, 6.45) is 2.84. The van der Waals surface area contributed by atoms with Crippen LogP contribution in [-0.4, -0.2) is 44.4 Å². The zero-order valence-electron chi connectivity index (χ0n) is 13.3. The van der Waals surface area contributed by atoms with Crippen molar-refractivity contribution in [1.29, 1.82) is 0 Å². The minimum atomic E-state index is -0.748. The molecule has 2 heterocycles. The van der Waals surface area contributed by atoms with Gasteiger partial charge in [0, 0.05) is 18.6 Å². The zero-order chi connectivity index (χ0) is 17.8. The van der Waals surface area contributed by atoms with Crippen molar-refractivity contribution < 1.29 is 14.5 Å². The molecule has 0 atom stereocenters. The zero-order valence-corrected chi connectivity index (χ0v) is 14.1. The number of amides is 1. The fraction of sp³-hybridized carbons (Fsp3) is 0.267. The van der Waals surface area contributed by atoms with Crippen LogP contribution in [0.25, 0.3) is 0 Å². The molecule has 0 spiro atoms. The summed E-state index contributed by atoms with van der Waals surface area (Å²) in [5.41, 5.74) is 2.32. The van der Waals surface area contributed by atoms with E-state index >= 15 is 0 Å². The second kappa shape index (κ2) is 7.34. The van der Waals surface area contributed by atoms with Crippen molar-refractivity contribution in [3.63, 3.8) is 0 Å². The van der Waals surface area contributed by atoms with E-state index < -0.39 is 10.8 Å². The first-order chi connectivity index (χ1) is 12.0. The van der Waals surface area contributed by atoms with Crippen LogP contribution in [0.1, 0.15) is 16.1 Å². The number of carbonyl (C=O) groups is 1. The van der Waals surface area contributed by atoms with E-state index in [2.05, 4.69) is 15.6 Å². The molecule has 10 heteroatoms. The van der Waals surface area contributed by atoms with E-state index in [4.69, 9.17) is 4.74 Å². The number of carbonyl (C=O) groups excluding carboxylic acids is 1. The molecule has 1 aromatic carbocycles. The van der Waals surface area contributed by atoms with Crippen LogP contribution in [0.15, 0.2) is 35.6 Å². The third kappa shape index (κ3) is 4.15. The molecule has 9 nitrogen and oxygen atoms in total. The van der Waals surface area contributed by atoms with E-state index in [0.29, 0.717) is 0 Å². The van der Waals surface area contributed by atoms with Gasteiger partial charge in [0.2, 0.25) is 5.69 Å². The van der Waals surface area contributed by atoms with E-state index in [-0.39, 0.29) is 17.5 Å². The normalized spacial score (nSPS) is 14.3. The average Bonchev–Trinajstić information content (AvgIpc) is 2.94. The summed E-state index contributed by atoms with van der Waals surface area (Å²) in [6, 6.07) is 7.30. The number of hydrogen-bond donors (Lipinski definition) is 1. The molecule has 1 fully saturated rings. The maximum Gasteiger partial charge on any atom is 0.320 e. The first-order valence-electron chi connectivity index (χ1n) is 7.39. The number of nitrogens with one attached hydrogen (secondary N) is 1. The topological polar surface area (TPSA) is 112 Å². The van der Waals surface area contributed by atoms with E-state index in [1.54, 1.807) is 6.07 Å². The third-order valence-electron chi connectivity index (χ3n) is 3.37. The highest BCUT2D eigenvalue weighted by Gasteiger charge is 2.24. The lowest BCUT2D eigenvalue weighted by Gasteiger charge is -2.25.